The van der Waals surface area contributed by atoms with Gasteiger partial charge in [-0.25, -0.2) is 17.4 Å². The number of hydrogen-bond acceptors (Lipinski definition) is 4. The molecule has 5 rings (SSSR count). The van der Waals surface area contributed by atoms with E-state index in [1.54, 1.807) is 48.9 Å². The molecular weight excluding hydrogens is 396 g/mol. The number of hydrogen-bond donors (Lipinski definition) is 1. The van der Waals surface area contributed by atoms with Gasteiger partial charge >= 0.3 is 0 Å². The molecule has 0 bridgehead atoms. The Morgan fingerprint density at radius 1 is 1.00 bits per heavy atom. The Morgan fingerprint density at radius 2 is 1.77 bits per heavy atom. The SMILES string of the molecule is O=S(=O)(c1ccccc1)n1cc(-c2cn[nH]c2)c2cc(C3CCCCCC3)cnc21. The quantitative estimate of drug-likeness (QED) is 0.466. The van der Waals surface area contributed by atoms with E-state index in [4.69, 9.17) is 0 Å². The van der Waals surface area contributed by atoms with Crippen molar-refractivity contribution in [1.29, 1.82) is 0 Å². The zero-order chi connectivity index (χ0) is 20.6. The van der Waals surface area contributed by atoms with Crippen LogP contribution in [0, 0.1) is 0 Å². The van der Waals surface area contributed by atoms with Crippen molar-refractivity contribution in [1.82, 2.24) is 19.2 Å². The predicted molar refractivity (Wildman–Crippen MR) is 117 cm³/mol. The van der Waals surface area contributed by atoms with Gasteiger partial charge in [-0.1, -0.05) is 43.9 Å². The lowest BCUT2D eigenvalue weighted by atomic mass is 9.92. The Morgan fingerprint density at radius 3 is 2.47 bits per heavy atom. The molecule has 0 radical (unpaired) electrons. The van der Waals surface area contributed by atoms with Gasteiger partial charge in [-0.2, -0.15) is 5.10 Å². The third kappa shape index (κ3) is 3.33. The lowest BCUT2D eigenvalue weighted by Crippen LogP contribution is -2.12. The molecule has 30 heavy (non-hydrogen) atoms. The summed E-state index contributed by atoms with van der Waals surface area (Å²) >= 11 is 0. The number of aromatic amines is 1. The second kappa shape index (κ2) is 7.72. The van der Waals surface area contributed by atoms with Crippen LogP contribution >= 0.6 is 0 Å². The van der Waals surface area contributed by atoms with Crippen LogP contribution in [0.4, 0.5) is 0 Å². The number of nitrogens with zero attached hydrogens (tertiary/aromatic N) is 3. The standard InChI is InChI=1S/C23H24N4O2S/c28-30(29,20-10-6-3-7-11-20)27-16-22(19-14-25-26-15-19)21-12-18(13-24-23(21)27)17-8-4-1-2-5-9-17/h3,6-7,10-17H,1-2,4-5,8-9H2,(H,25,26). The Hall–Kier alpha value is -2.93. The molecule has 1 fully saturated rings. The van der Waals surface area contributed by atoms with Crippen LogP contribution in [0.2, 0.25) is 0 Å². The summed E-state index contributed by atoms with van der Waals surface area (Å²) in [5.41, 5.74) is 3.32. The fourth-order valence-electron chi connectivity index (χ4n) is 4.45. The molecule has 0 atom stereocenters. The Bertz CT molecular complexity index is 1250. The van der Waals surface area contributed by atoms with Crippen molar-refractivity contribution in [3.8, 4) is 11.1 Å². The van der Waals surface area contributed by atoms with E-state index in [1.165, 1.54) is 35.2 Å². The second-order valence-electron chi connectivity index (χ2n) is 7.97. The van der Waals surface area contributed by atoms with Crippen molar-refractivity contribution >= 4 is 21.1 Å². The lowest BCUT2D eigenvalue weighted by Gasteiger charge is -2.14. The first-order valence-corrected chi connectivity index (χ1v) is 11.9. The summed E-state index contributed by atoms with van der Waals surface area (Å²) in [6.07, 6.45) is 14.4. The van der Waals surface area contributed by atoms with Gasteiger partial charge < -0.3 is 0 Å². The smallest absolute Gasteiger partial charge is 0.269 e. The largest absolute Gasteiger partial charge is 0.285 e. The zero-order valence-electron chi connectivity index (χ0n) is 16.7. The molecule has 3 heterocycles. The minimum atomic E-state index is -3.76. The number of H-pyrrole nitrogens is 1. The van der Waals surface area contributed by atoms with Crippen LogP contribution in [0.1, 0.15) is 50.0 Å². The highest BCUT2D eigenvalue weighted by Gasteiger charge is 2.24. The number of aromatic nitrogens is 4. The number of rotatable bonds is 4. The fourth-order valence-corrected chi connectivity index (χ4v) is 5.79. The maximum absolute atomic E-state index is 13.4. The molecule has 3 aromatic heterocycles. The Kier molecular flexibility index (Phi) is 4.90. The molecule has 0 amide bonds. The van der Waals surface area contributed by atoms with Gasteiger partial charge in [-0.15, -0.1) is 0 Å². The van der Waals surface area contributed by atoms with Gasteiger partial charge in [0, 0.05) is 35.1 Å². The third-order valence-corrected chi connectivity index (χ3v) is 7.73. The molecule has 0 aliphatic heterocycles. The Labute approximate surface area is 176 Å². The molecule has 4 aromatic rings. The van der Waals surface area contributed by atoms with Crippen LogP contribution < -0.4 is 0 Å². The summed E-state index contributed by atoms with van der Waals surface area (Å²) in [6, 6.07) is 10.6. The number of benzene rings is 1. The minimum absolute atomic E-state index is 0.246. The van der Waals surface area contributed by atoms with Gasteiger partial charge in [0.25, 0.3) is 10.0 Å². The molecule has 1 aliphatic rings. The third-order valence-electron chi connectivity index (χ3n) is 6.07. The van der Waals surface area contributed by atoms with Crippen LogP contribution in [0.3, 0.4) is 0 Å². The molecule has 0 spiro atoms. The summed E-state index contributed by atoms with van der Waals surface area (Å²) in [4.78, 5) is 4.91. The highest BCUT2D eigenvalue weighted by atomic mass is 32.2. The van der Waals surface area contributed by atoms with E-state index < -0.39 is 10.0 Å². The summed E-state index contributed by atoms with van der Waals surface area (Å²) in [5, 5.41) is 7.73. The molecule has 1 N–H and O–H groups in total. The summed E-state index contributed by atoms with van der Waals surface area (Å²) in [5.74, 6) is 0.482. The van der Waals surface area contributed by atoms with E-state index in [0.29, 0.717) is 11.6 Å². The van der Waals surface area contributed by atoms with E-state index in [0.717, 1.165) is 29.4 Å². The van der Waals surface area contributed by atoms with E-state index in [9.17, 15) is 8.42 Å². The highest BCUT2D eigenvalue weighted by Crippen LogP contribution is 2.36. The van der Waals surface area contributed by atoms with Crippen molar-refractivity contribution < 1.29 is 8.42 Å². The molecule has 1 saturated carbocycles. The van der Waals surface area contributed by atoms with Crippen molar-refractivity contribution in [2.24, 2.45) is 0 Å². The van der Waals surface area contributed by atoms with Crippen LogP contribution in [0.5, 0.6) is 0 Å². The first-order valence-electron chi connectivity index (χ1n) is 10.5. The molecular formula is C23H24N4O2S. The van der Waals surface area contributed by atoms with Crippen LogP contribution in [0.15, 0.2) is 66.1 Å². The summed E-state index contributed by atoms with van der Waals surface area (Å²) < 4.78 is 28.0. The van der Waals surface area contributed by atoms with E-state index in [1.807, 2.05) is 6.20 Å². The summed E-state index contributed by atoms with van der Waals surface area (Å²) in [7, 11) is -3.76. The first kappa shape index (κ1) is 19.1. The van der Waals surface area contributed by atoms with Gasteiger partial charge in [-0.05, 0) is 42.5 Å². The molecule has 7 heteroatoms. The maximum Gasteiger partial charge on any atom is 0.269 e. The predicted octanol–water partition coefficient (Wildman–Crippen LogP) is 5.10. The molecule has 0 saturated heterocycles. The maximum atomic E-state index is 13.4. The van der Waals surface area contributed by atoms with Crippen molar-refractivity contribution in [3.05, 3.63) is 66.7 Å². The van der Waals surface area contributed by atoms with E-state index in [2.05, 4.69) is 21.2 Å². The fraction of sp³-hybridized carbons (Fsp3) is 0.304. The second-order valence-corrected chi connectivity index (χ2v) is 9.79. The number of nitrogens with one attached hydrogen (secondary N) is 1. The average molecular weight is 421 g/mol. The van der Waals surface area contributed by atoms with Crippen molar-refractivity contribution in [3.63, 3.8) is 0 Å². The molecule has 0 unspecified atom stereocenters. The topological polar surface area (TPSA) is 80.6 Å². The minimum Gasteiger partial charge on any atom is -0.285 e. The molecule has 154 valence electrons. The van der Waals surface area contributed by atoms with Gasteiger partial charge in [0.1, 0.15) is 0 Å². The number of pyridine rings is 1. The van der Waals surface area contributed by atoms with E-state index >= 15 is 0 Å². The molecule has 1 aromatic carbocycles. The van der Waals surface area contributed by atoms with Gasteiger partial charge in [0.05, 0.1) is 11.1 Å². The van der Waals surface area contributed by atoms with Gasteiger partial charge in [0.15, 0.2) is 5.65 Å². The lowest BCUT2D eigenvalue weighted by molar-refractivity contribution is 0.588. The van der Waals surface area contributed by atoms with Gasteiger partial charge in [-0.3, -0.25) is 5.10 Å². The van der Waals surface area contributed by atoms with Crippen LogP contribution in [0.25, 0.3) is 22.2 Å². The van der Waals surface area contributed by atoms with Crippen LogP contribution in [-0.4, -0.2) is 27.6 Å². The van der Waals surface area contributed by atoms with Crippen molar-refractivity contribution in [2.45, 2.75) is 49.3 Å². The highest BCUT2D eigenvalue weighted by molar-refractivity contribution is 7.90. The summed E-state index contributed by atoms with van der Waals surface area (Å²) in [6.45, 7) is 0. The monoisotopic (exact) mass is 420 g/mol. The van der Waals surface area contributed by atoms with Crippen molar-refractivity contribution in [2.75, 3.05) is 0 Å². The zero-order valence-corrected chi connectivity index (χ0v) is 17.5. The normalized spacial score (nSPS) is 16.0. The Balaban J connectivity index is 1.69. The first-order chi connectivity index (χ1) is 14.6. The van der Waals surface area contributed by atoms with Crippen LogP contribution in [-0.2, 0) is 10.0 Å². The van der Waals surface area contributed by atoms with E-state index in [-0.39, 0.29) is 4.90 Å². The van der Waals surface area contributed by atoms with Gasteiger partial charge in [0.2, 0.25) is 0 Å². The number of fused-ring (bicyclic) bond motifs is 1. The molecule has 1 aliphatic carbocycles. The average Bonchev–Trinajstić information content (AvgIpc) is 3.35. The molecule has 6 nitrogen and oxygen atoms in total.